The van der Waals surface area contributed by atoms with Crippen molar-refractivity contribution in [1.29, 1.82) is 0 Å². The summed E-state index contributed by atoms with van der Waals surface area (Å²) < 4.78 is 0.998. The van der Waals surface area contributed by atoms with E-state index >= 15 is 0 Å². The average molecular weight is 300 g/mol. The molecule has 1 aliphatic carbocycles. The second kappa shape index (κ2) is 5.64. The first kappa shape index (κ1) is 11.9. The molecule has 0 aliphatic heterocycles. The Kier molecular flexibility index (Phi) is 4.18. The molecule has 0 radical (unpaired) electrons. The number of amides is 1. The molecule has 0 spiro atoms. The molecule has 0 saturated heterocycles. The first-order valence-corrected chi connectivity index (χ1v) is 7.10. The normalized spacial score (nSPS) is 19.7. The summed E-state index contributed by atoms with van der Waals surface area (Å²) in [6, 6.07) is 1.86. The molecule has 0 fully saturated rings. The number of carbonyl (C=O) groups is 1. The minimum Gasteiger partial charge on any atom is -0.352 e. The number of thiophene rings is 1. The molecule has 1 N–H and O–H groups in total. The smallest absolute Gasteiger partial charge is 0.252 e. The van der Waals surface area contributed by atoms with Gasteiger partial charge in [0.05, 0.1) is 9.35 Å². The van der Waals surface area contributed by atoms with Gasteiger partial charge in [-0.05, 0) is 47.2 Å². The largest absolute Gasteiger partial charge is 0.352 e. The Morgan fingerprint density at radius 1 is 1.56 bits per heavy atom. The molecular weight excluding hydrogens is 286 g/mol. The summed E-state index contributed by atoms with van der Waals surface area (Å²) in [6.07, 6.45) is 7.85. The minimum absolute atomic E-state index is 0.0384. The van der Waals surface area contributed by atoms with E-state index < -0.39 is 0 Å². The average Bonchev–Trinajstić information content (AvgIpc) is 2.74. The summed E-state index contributed by atoms with van der Waals surface area (Å²) in [6.45, 7) is 0.788. The van der Waals surface area contributed by atoms with Crippen LogP contribution in [-0.2, 0) is 0 Å². The summed E-state index contributed by atoms with van der Waals surface area (Å²) in [7, 11) is 0. The summed E-state index contributed by atoms with van der Waals surface area (Å²) in [5.41, 5.74) is 0.753. The zero-order valence-electron chi connectivity index (χ0n) is 8.91. The minimum atomic E-state index is 0.0384. The van der Waals surface area contributed by atoms with Gasteiger partial charge in [-0.1, -0.05) is 12.2 Å². The van der Waals surface area contributed by atoms with E-state index in [0.717, 1.165) is 28.7 Å². The molecule has 1 heterocycles. The molecule has 1 atom stereocenters. The lowest BCUT2D eigenvalue weighted by Crippen LogP contribution is -2.29. The fourth-order valence-corrected chi connectivity index (χ4v) is 2.95. The molecule has 1 aromatic heterocycles. The standard InChI is InChI=1S/C12H14BrNOS/c13-11-6-10(8-16-11)12(15)14-7-9-4-2-1-3-5-9/h1-2,6,8-9H,3-5,7H2,(H,14,15). The van der Waals surface area contributed by atoms with E-state index in [9.17, 15) is 4.79 Å². The third kappa shape index (κ3) is 3.19. The zero-order valence-corrected chi connectivity index (χ0v) is 11.3. The molecule has 1 amide bonds. The van der Waals surface area contributed by atoms with Crippen molar-refractivity contribution in [2.75, 3.05) is 6.54 Å². The molecule has 86 valence electrons. The predicted molar refractivity (Wildman–Crippen MR) is 70.8 cm³/mol. The molecule has 0 bridgehead atoms. The monoisotopic (exact) mass is 299 g/mol. The van der Waals surface area contributed by atoms with Gasteiger partial charge in [0.2, 0.25) is 0 Å². The van der Waals surface area contributed by atoms with Gasteiger partial charge >= 0.3 is 0 Å². The molecule has 4 heteroatoms. The fraction of sp³-hybridized carbons (Fsp3) is 0.417. The number of halogens is 1. The maximum Gasteiger partial charge on any atom is 0.252 e. The zero-order chi connectivity index (χ0) is 11.4. The maximum absolute atomic E-state index is 11.8. The van der Waals surface area contributed by atoms with Crippen molar-refractivity contribution in [1.82, 2.24) is 5.32 Å². The lowest BCUT2D eigenvalue weighted by atomic mass is 9.94. The topological polar surface area (TPSA) is 29.1 Å². The maximum atomic E-state index is 11.8. The van der Waals surface area contributed by atoms with E-state index in [4.69, 9.17) is 0 Å². The molecule has 16 heavy (non-hydrogen) atoms. The van der Waals surface area contributed by atoms with Gasteiger partial charge in [-0.2, -0.15) is 0 Å². The molecule has 0 saturated carbocycles. The molecule has 1 aromatic rings. The van der Waals surface area contributed by atoms with Crippen molar-refractivity contribution in [3.8, 4) is 0 Å². The Hall–Kier alpha value is -0.610. The first-order chi connectivity index (χ1) is 7.75. The van der Waals surface area contributed by atoms with Gasteiger partial charge in [0.1, 0.15) is 0 Å². The summed E-state index contributed by atoms with van der Waals surface area (Å²) in [4.78, 5) is 11.8. The van der Waals surface area contributed by atoms with Crippen molar-refractivity contribution >= 4 is 33.2 Å². The van der Waals surface area contributed by atoms with Crippen molar-refractivity contribution < 1.29 is 4.79 Å². The Labute approximate surface area is 108 Å². The van der Waals surface area contributed by atoms with Crippen molar-refractivity contribution in [2.45, 2.75) is 19.3 Å². The van der Waals surface area contributed by atoms with E-state index in [1.54, 1.807) is 0 Å². The van der Waals surface area contributed by atoms with Crippen molar-refractivity contribution in [3.63, 3.8) is 0 Å². The first-order valence-electron chi connectivity index (χ1n) is 5.43. The Morgan fingerprint density at radius 2 is 2.44 bits per heavy atom. The number of rotatable bonds is 3. The van der Waals surface area contributed by atoms with Crippen LogP contribution >= 0.6 is 27.3 Å². The molecular formula is C12H14BrNOS. The Balaban J connectivity index is 1.81. The number of carbonyl (C=O) groups excluding carboxylic acids is 1. The molecule has 2 rings (SSSR count). The van der Waals surface area contributed by atoms with E-state index in [1.165, 1.54) is 17.8 Å². The summed E-state index contributed by atoms with van der Waals surface area (Å²) in [5, 5.41) is 4.87. The highest BCUT2D eigenvalue weighted by molar-refractivity contribution is 9.11. The second-order valence-corrected chi connectivity index (χ2v) is 6.29. The van der Waals surface area contributed by atoms with Crippen LogP contribution < -0.4 is 5.32 Å². The van der Waals surface area contributed by atoms with Gasteiger partial charge in [0, 0.05) is 11.9 Å². The van der Waals surface area contributed by atoms with Crippen LogP contribution in [-0.4, -0.2) is 12.5 Å². The van der Waals surface area contributed by atoms with Crippen LogP contribution in [0.25, 0.3) is 0 Å². The van der Waals surface area contributed by atoms with Crippen LogP contribution in [0, 0.1) is 5.92 Å². The summed E-state index contributed by atoms with van der Waals surface area (Å²) >= 11 is 4.90. The van der Waals surface area contributed by atoms with Gasteiger partial charge in [-0.3, -0.25) is 4.79 Å². The third-order valence-electron chi connectivity index (χ3n) is 2.76. The molecule has 1 aliphatic rings. The van der Waals surface area contributed by atoms with Crippen LogP contribution in [0.5, 0.6) is 0 Å². The highest BCUT2D eigenvalue weighted by atomic mass is 79.9. The van der Waals surface area contributed by atoms with Gasteiger partial charge < -0.3 is 5.32 Å². The van der Waals surface area contributed by atoms with Crippen LogP contribution in [0.1, 0.15) is 29.6 Å². The van der Waals surface area contributed by atoms with E-state index in [0.29, 0.717) is 5.92 Å². The Morgan fingerprint density at radius 3 is 3.06 bits per heavy atom. The third-order valence-corrected chi connectivity index (χ3v) is 4.26. The lowest BCUT2D eigenvalue weighted by molar-refractivity contribution is 0.0946. The van der Waals surface area contributed by atoms with Crippen molar-refractivity contribution in [3.05, 3.63) is 32.9 Å². The van der Waals surface area contributed by atoms with Crippen LogP contribution in [0.3, 0.4) is 0 Å². The number of hydrogen-bond donors (Lipinski definition) is 1. The van der Waals surface area contributed by atoms with Crippen LogP contribution in [0.4, 0.5) is 0 Å². The lowest BCUT2D eigenvalue weighted by Gasteiger charge is -2.17. The van der Waals surface area contributed by atoms with Gasteiger partial charge in [-0.15, -0.1) is 11.3 Å². The van der Waals surface area contributed by atoms with Gasteiger partial charge in [-0.25, -0.2) is 0 Å². The van der Waals surface area contributed by atoms with Crippen LogP contribution in [0.2, 0.25) is 0 Å². The molecule has 2 nitrogen and oxygen atoms in total. The number of hydrogen-bond acceptors (Lipinski definition) is 2. The summed E-state index contributed by atoms with van der Waals surface area (Å²) in [5.74, 6) is 0.646. The van der Waals surface area contributed by atoms with E-state index in [-0.39, 0.29) is 5.91 Å². The second-order valence-electron chi connectivity index (χ2n) is 4.00. The SMILES string of the molecule is O=C(NCC1CC=CCC1)c1csc(Br)c1. The molecule has 0 aromatic carbocycles. The number of allylic oxidation sites excluding steroid dienone is 2. The fourth-order valence-electron chi connectivity index (χ4n) is 1.81. The quantitative estimate of drug-likeness (QED) is 0.849. The van der Waals surface area contributed by atoms with Gasteiger partial charge in [0.15, 0.2) is 0 Å². The highest BCUT2D eigenvalue weighted by Crippen LogP contribution is 2.21. The van der Waals surface area contributed by atoms with Crippen LogP contribution in [0.15, 0.2) is 27.4 Å². The van der Waals surface area contributed by atoms with Gasteiger partial charge in [0.25, 0.3) is 5.91 Å². The Bertz CT molecular complexity index is 399. The number of nitrogens with one attached hydrogen (secondary N) is 1. The van der Waals surface area contributed by atoms with Crippen molar-refractivity contribution in [2.24, 2.45) is 5.92 Å². The van der Waals surface area contributed by atoms with E-state index in [1.807, 2.05) is 11.4 Å². The van der Waals surface area contributed by atoms with E-state index in [2.05, 4.69) is 33.4 Å². The predicted octanol–water partition coefficient (Wildman–Crippen LogP) is 3.60. The molecule has 1 unspecified atom stereocenters. The highest BCUT2D eigenvalue weighted by Gasteiger charge is 2.12.